The maximum absolute atomic E-state index is 12.4. The van der Waals surface area contributed by atoms with Crippen LogP contribution in [-0.2, 0) is 14.8 Å². The quantitative estimate of drug-likeness (QED) is 0.749. The number of hydrogen-bond donors (Lipinski definition) is 1. The molecule has 114 valence electrons. The minimum atomic E-state index is -3.50. The molecule has 0 saturated carbocycles. The summed E-state index contributed by atoms with van der Waals surface area (Å²) < 4.78 is 31.1. The summed E-state index contributed by atoms with van der Waals surface area (Å²) in [5.74, 6) is 0.686. The average molecular weight is 301 g/mol. The Morgan fingerprint density at radius 1 is 1.35 bits per heavy atom. The Balaban J connectivity index is 2.85. The lowest BCUT2D eigenvalue weighted by Gasteiger charge is -2.19. The van der Waals surface area contributed by atoms with Crippen LogP contribution in [0.3, 0.4) is 0 Å². The molecule has 1 aromatic heterocycles. The van der Waals surface area contributed by atoms with Crippen LogP contribution >= 0.6 is 0 Å². The summed E-state index contributed by atoms with van der Waals surface area (Å²) in [6, 6.07) is 3.27. The van der Waals surface area contributed by atoms with Crippen molar-refractivity contribution < 1.29 is 13.2 Å². The third-order valence-electron chi connectivity index (χ3n) is 2.83. The van der Waals surface area contributed by atoms with Gasteiger partial charge in [-0.3, -0.25) is 0 Å². The minimum absolute atomic E-state index is 0.206. The number of aromatic nitrogens is 1. The number of nitrogens with one attached hydrogen (secondary N) is 1. The molecule has 7 heteroatoms. The van der Waals surface area contributed by atoms with E-state index in [1.807, 2.05) is 0 Å². The van der Waals surface area contributed by atoms with Crippen LogP contribution in [0.2, 0.25) is 0 Å². The number of rotatable bonds is 9. The monoisotopic (exact) mass is 301 g/mol. The van der Waals surface area contributed by atoms with Gasteiger partial charge in [-0.1, -0.05) is 13.8 Å². The van der Waals surface area contributed by atoms with E-state index in [4.69, 9.17) is 4.74 Å². The van der Waals surface area contributed by atoms with Crippen molar-refractivity contribution in [2.45, 2.75) is 25.2 Å². The Morgan fingerprint density at radius 3 is 2.60 bits per heavy atom. The van der Waals surface area contributed by atoms with Gasteiger partial charge < -0.3 is 10.1 Å². The van der Waals surface area contributed by atoms with Gasteiger partial charge in [0.25, 0.3) is 0 Å². The minimum Gasteiger partial charge on any atom is -0.383 e. The van der Waals surface area contributed by atoms with E-state index in [0.29, 0.717) is 25.5 Å². The molecule has 0 fully saturated rings. The van der Waals surface area contributed by atoms with Gasteiger partial charge in [0.1, 0.15) is 10.7 Å². The molecule has 0 amide bonds. The van der Waals surface area contributed by atoms with Gasteiger partial charge in [-0.25, -0.2) is 13.4 Å². The molecule has 0 unspecified atom stereocenters. The zero-order valence-corrected chi connectivity index (χ0v) is 13.1. The highest BCUT2D eigenvalue weighted by molar-refractivity contribution is 7.89. The van der Waals surface area contributed by atoms with Crippen molar-refractivity contribution in [1.82, 2.24) is 9.29 Å². The Bertz CT molecular complexity index is 488. The molecule has 0 radical (unpaired) electrons. The van der Waals surface area contributed by atoms with E-state index >= 15 is 0 Å². The fourth-order valence-corrected chi connectivity index (χ4v) is 3.06. The predicted molar refractivity (Wildman–Crippen MR) is 79.3 cm³/mol. The molecule has 20 heavy (non-hydrogen) atoms. The first-order chi connectivity index (χ1) is 9.56. The zero-order valence-electron chi connectivity index (χ0n) is 12.3. The molecule has 1 heterocycles. The maximum atomic E-state index is 12.4. The lowest BCUT2D eigenvalue weighted by atomic mass is 10.4. The highest BCUT2D eigenvalue weighted by atomic mass is 32.2. The summed E-state index contributed by atoms with van der Waals surface area (Å²) in [6.45, 7) is 5.79. The molecule has 0 spiro atoms. The van der Waals surface area contributed by atoms with Gasteiger partial charge in [-0.2, -0.15) is 4.31 Å². The lowest BCUT2D eigenvalue weighted by molar-refractivity contribution is 0.180. The molecule has 0 atom stereocenters. The molecule has 0 bridgehead atoms. The first-order valence-electron chi connectivity index (χ1n) is 6.75. The van der Waals surface area contributed by atoms with E-state index in [9.17, 15) is 8.42 Å². The Kier molecular flexibility index (Phi) is 6.90. The van der Waals surface area contributed by atoms with Crippen LogP contribution in [0.5, 0.6) is 0 Å². The second kappa shape index (κ2) is 8.18. The molecule has 0 aliphatic heterocycles. The van der Waals surface area contributed by atoms with Crippen molar-refractivity contribution in [3.8, 4) is 0 Å². The van der Waals surface area contributed by atoms with Gasteiger partial charge in [0.15, 0.2) is 0 Å². The number of likely N-dealkylation sites (N-methyl/N-ethyl adjacent to an activating group) is 1. The van der Waals surface area contributed by atoms with E-state index in [2.05, 4.69) is 17.2 Å². The number of hydrogen-bond acceptors (Lipinski definition) is 5. The Morgan fingerprint density at radius 2 is 2.10 bits per heavy atom. The molecule has 0 saturated heterocycles. The first-order valence-corrected chi connectivity index (χ1v) is 8.19. The van der Waals surface area contributed by atoms with Gasteiger partial charge >= 0.3 is 0 Å². The van der Waals surface area contributed by atoms with E-state index in [-0.39, 0.29) is 4.90 Å². The third kappa shape index (κ3) is 4.43. The Hall–Kier alpha value is -1.18. The number of nitrogens with zero attached hydrogens (tertiary/aromatic N) is 2. The van der Waals surface area contributed by atoms with E-state index < -0.39 is 10.0 Å². The molecular formula is C13H23N3O3S. The smallest absolute Gasteiger partial charge is 0.244 e. The molecule has 1 rings (SSSR count). The van der Waals surface area contributed by atoms with Crippen LogP contribution in [0.1, 0.15) is 20.3 Å². The van der Waals surface area contributed by atoms with Crippen molar-refractivity contribution in [2.24, 2.45) is 0 Å². The third-order valence-corrected chi connectivity index (χ3v) is 4.79. The summed E-state index contributed by atoms with van der Waals surface area (Å²) >= 11 is 0. The van der Waals surface area contributed by atoms with Crippen LogP contribution in [0, 0.1) is 0 Å². The van der Waals surface area contributed by atoms with Gasteiger partial charge in [-0.15, -0.1) is 0 Å². The van der Waals surface area contributed by atoms with E-state index in [1.165, 1.54) is 10.5 Å². The highest BCUT2D eigenvalue weighted by Gasteiger charge is 2.22. The van der Waals surface area contributed by atoms with E-state index in [1.54, 1.807) is 26.2 Å². The van der Waals surface area contributed by atoms with Crippen molar-refractivity contribution >= 4 is 15.8 Å². The molecule has 0 aromatic carbocycles. The number of pyridine rings is 1. The molecule has 0 aliphatic carbocycles. The summed E-state index contributed by atoms with van der Waals surface area (Å²) in [6.07, 6.45) is 2.38. The largest absolute Gasteiger partial charge is 0.383 e. The van der Waals surface area contributed by atoms with Crippen molar-refractivity contribution in [1.29, 1.82) is 0 Å². The number of anilines is 1. The second-order valence-electron chi connectivity index (χ2n) is 4.30. The standard InChI is InChI=1S/C13H23N3O3S/c1-4-8-14-13-7-6-12(11-15-13)20(17,18)16(5-2)9-10-19-3/h6-7,11H,4-5,8-10H2,1-3H3,(H,14,15). The van der Waals surface area contributed by atoms with Crippen LogP contribution in [0.25, 0.3) is 0 Å². The number of sulfonamides is 1. The van der Waals surface area contributed by atoms with Crippen LogP contribution < -0.4 is 5.32 Å². The van der Waals surface area contributed by atoms with Crippen LogP contribution in [0.15, 0.2) is 23.2 Å². The fourth-order valence-electron chi connectivity index (χ4n) is 1.68. The second-order valence-corrected chi connectivity index (χ2v) is 6.23. The average Bonchev–Trinajstić information content (AvgIpc) is 2.46. The van der Waals surface area contributed by atoms with Crippen LogP contribution in [-0.4, -0.2) is 51.1 Å². The van der Waals surface area contributed by atoms with Gasteiger partial charge in [0.05, 0.1) is 6.61 Å². The predicted octanol–water partition coefficient (Wildman–Crippen LogP) is 1.56. The Labute approximate surface area is 121 Å². The first kappa shape index (κ1) is 16.9. The fraction of sp³-hybridized carbons (Fsp3) is 0.615. The topological polar surface area (TPSA) is 71.5 Å². The molecular weight excluding hydrogens is 278 g/mol. The van der Waals surface area contributed by atoms with E-state index in [0.717, 1.165) is 13.0 Å². The number of methoxy groups -OCH3 is 1. The summed E-state index contributed by atoms with van der Waals surface area (Å²) in [5.41, 5.74) is 0. The van der Waals surface area contributed by atoms with Gasteiger partial charge in [-0.05, 0) is 18.6 Å². The molecule has 1 aromatic rings. The normalized spacial score (nSPS) is 11.8. The van der Waals surface area contributed by atoms with Gasteiger partial charge in [0.2, 0.25) is 10.0 Å². The summed E-state index contributed by atoms with van der Waals surface area (Å²) in [4.78, 5) is 4.34. The maximum Gasteiger partial charge on any atom is 0.244 e. The van der Waals surface area contributed by atoms with Crippen molar-refractivity contribution in [3.63, 3.8) is 0 Å². The SMILES string of the molecule is CCCNc1ccc(S(=O)(=O)N(CC)CCOC)cn1. The molecule has 1 N–H and O–H groups in total. The van der Waals surface area contributed by atoms with Crippen LogP contribution in [0.4, 0.5) is 5.82 Å². The number of ether oxygens (including phenoxy) is 1. The lowest BCUT2D eigenvalue weighted by Crippen LogP contribution is -2.33. The highest BCUT2D eigenvalue weighted by Crippen LogP contribution is 2.16. The summed E-state index contributed by atoms with van der Waals surface area (Å²) in [7, 11) is -1.95. The van der Waals surface area contributed by atoms with Crippen molar-refractivity contribution in [2.75, 3.05) is 38.7 Å². The molecule has 0 aliphatic rings. The zero-order chi connectivity index (χ0) is 15.0. The van der Waals surface area contributed by atoms with Crippen molar-refractivity contribution in [3.05, 3.63) is 18.3 Å². The molecule has 6 nitrogen and oxygen atoms in total. The van der Waals surface area contributed by atoms with Gasteiger partial charge in [0, 0.05) is 32.9 Å². The summed E-state index contributed by atoms with van der Waals surface area (Å²) in [5, 5.41) is 3.11.